The highest BCUT2D eigenvalue weighted by atomic mass is 19.1. The molecule has 1 N–H and O–H groups in total. The monoisotopic (exact) mass is 257 g/mol. The Morgan fingerprint density at radius 1 is 1.05 bits per heavy atom. The van der Waals surface area contributed by atoms with E-state index in [-0.39, 0.29) is 5.82 Å². The Balaban J connectivity index is 2.17. The minimum atomic E-state index is -0.193. The van der Waals surface area contributed by atoms with Gasteiger partial charge in [0, 0.05) is 6.54 Å². The largest absolute Gasteiger partial charge is 0.313 e. The first-order chi connectivity index (χ1) is 9.20. The molecule has 2 heteroatoms. The Hall–Kier alpha value is -1.67. The van der Waals surface area contributed by atoms with Gasteiger partial charge in [-0.15, -0.1) is 0 Å². The molecular formula is C17H20FN. The van der Waals surface area contributed by atoms with E-state index in [1.165, 1.54) is 28.8 Å². The Kier molecular flexibility index (Phi) is 4.69. The summed E-state index contributed by atoms with van der Waals surface area (Å²) in [6, 6.07) is 13.1. The highest BCUT2D eigenvalue weighted by molar-refractivity contribution is 5.67. The van der Waals surface area contributed by atoms with Gasteiger partial charge in [-0.3, -0.25) is 0 Å². The van der Waals surface area contributed by atoms with Gasteiger partial charge in [0.05, 0.1) is 0 Å². The Morgan fingerprint density at radius 2 is 1.79 bits per heavy atom. The fourth-order valence-corrected chi connectivity index (χ4v) is 2.20. The molecule has 0 saturated heterocycles. The van der Waals surface area contributed by atoms with E-state index in [2.05, 4.69) is 37.4 Å². The topological polar surface area (TPSA) is 12.0 Å². The number of rotatable bonds is 5. The van der Waals surface area contributed by atoms with Crippen LogP contribution in [0.5, 0.6) is 0 Å². The van der Waals surface area contributed by atoms with Crippen molar-refractivity contribution < 1.29 is 4.39 Å². The van der Waals surface area contributed by atoms with Gasteiger partial charge in [0.25, 0.3) is 0 Å². The lowest BCUT2D eigenvalue weighted by Gasteiger charge is -2.09. The lowest BCUT2D eigenvalue weighted by atomic mass is 9.98. The summed E-state index contributed by atoms with van der Waals surface area (Å²) in [7, 11) is 0. The highest BCUT2D eigenvalue weighted by Crippen LogP contribution is 2.24. The molecule has 0 spiro atoms. The molecule has 0 aliphatic heterocycles. The Bertz CT molecular complexity index is 531. The molecule has 100 valence electrons. The summed E-state index contributed by atoms with van der Waals surface area (Å²) in [5.41, 5.74) is 4.74. The normalized spacial score (nSPS) is 10.7. The zero-order chi connectivity index (χ0) is 13.7. The summed E-state index contributed by atoms with van der Waals surface area (Å²) >= 11 is 0. The van der Waals surface area contributed by atoms with Gasteiger partial charge in [-0.05, 0) is 54.3 Å². The van der Waals surface area contributed by atoms with E-state index >= 15 is 0 Å². The van der Waals surface area contributed by atoms with Crippen LogP contribution in [0.3, 0.4) is 0 Å². The molecule has 0 saturated carbocycles. The number of hydrogen-bond acceptors (Lipinski definition) is 1. The Labute approximate surface area is 114 Å². The summed E-state index contributed by atoms with van der Waals surface area (Å²) < 4.78 is 12.9. The predicted octanol–water partition coefficient (Wildman–Crippen LogP) is 4.30. The van der Waals surface area contributed by atoms with Crippen molar-refractivity contribution in [2.45, 2.75) is 26.8 Å². The summed E-state index contributed by atoms with van der Waals surface area (Å²) in [5, 5.41) is 3.40. The summed E-state index contributed by atoms with van der Waals surface area (Å²) in [6.07, 6.45) is 1.15. The van der Waals surface area contributed by atoms with Gasteiger partial charge in [-0.1, -0.05) is 37.3 Å². The standard InChI is InChI=1S/C17H20FN/c1-3-10-19-12-14-4-9-17(13(2)11-14)15-5-7-16(18)8-6-15/h4-9,11,19H,3,10,12H2,1-2H3. The van der Waals surface area contributed by atoms with E-state index in [0.29, 0.717) is 0 Å². The molecule has 0 bridgehead atoms. The van der Waals surface area contributed by atoms with Gasteiger partial charge in [-0.2, -0.15) is 0 Å². The number of halogens is 1. The molecule has 0 aliphatic carbocycles. The second-order valence-corrected chi connectivity index (χ2v) is 4.83. The van der Waals surface area contributed by atoms with Crippen LogP contribution in [0.2, 0.25) is 0 Å². The lowest BCUT2D eigenvalue weighted by molar-refractivity contribution is 0.628. The molecular weight excluding hydrogens is 237 g/mol. The average molecular weight is 257 g/mol. The lowest BCUT2D eigenvalue weighted by Crippen LogP contribution is -2.13. The summed E-state index contributed by atoms with van der Waals surface area (Å²) in [5.74, 6) is -0.193. The third kappa shape index (κ3) is 3.65. The Morgan fingerprint density at radius 3 is 2.42 bits per heavy atom. The SMILES string of the molecule is CCCNCc1ccc(-c2ccc(F)cc2)c(C)c1. The van der Waals surface area contributed by atoms with Crippen LogP contribution in [0, 0.1) is 12.7 Å². The van der Waals surface area contributed by atoms with E-state index in [9.17, 15) is 4.39 Å². The smallest absolute Gasteiger partial charge is 0.123 e. The molecule has 0 heterocycles. The quantitative estimate of drug-likeness (QED) is 0.787. The predicted molar refractivity (Wildman–Crippen MR) is 78.6 cm³/mol. The minimum Gasteiger partial charge on any atom is -0.313 e. The van der Waals surface area contributed by atoms with Crippen molar-refractivity contribution in [1.82, 2.24) is 5.32 Å². The zero-order valence-corrected chi connectivity index (χ0v) is 11.5. The molecule has 0 atom stereocenters. The number of hydrogen-bond donors (Lipinski definition) is 1. The van der Waals surface area contributed by atoms with Crippen molar-refractivity contribution in [3.63, 3.8) is 0 Å². The number of nitrogens with one attached hydrogen (secondary N) is 1. The maximum Gasteiger partial charge on any atom is 0.123 e. The molecule has 0 radical (unpaired) electrons. The van der Waals surface area contributed by atoms with Gasteiger partial charge in [0.15, 0.2) is 0 Å². The third-order valence-electron chi connectivity index (χ3n) is 3.20. The number of aryl methyl sites for hydroxylation is 1. The van der Waals surface area contributed by atoms with E-state index in [1.54, 1.807) is 0 Å². The minimum absolute atomic E-state index is 0.193. The molecule has 0 amide bonds. The van der Waals surface area contributed by atoms with Crippen LogP contribution in [0.15, 0.2) is 42.5 Å². The van der Waals surface area contributed by atoms with Crippen LogP contribution < -0.4 is 5.32 Å². The first-order valence-electron chi connectivity index (χ1n) is 6.77. The van der Waals surface area contributed by atoms with Crippen molar-refractivity contribution in [3.05, 3.63) is 59.4 Å². The molecule has 1 nitrogen and oxygen atoms in total. The van der Waals surface area contributed by atoms with Gasteiger partial charge in [-0.25, -0.2) is 4.39 Å². The van der Waals surface area contributed by atoms with Crippen molar-refractivity contribution in [2.24, 2.45) is 0 Å². The van der Waals surface area contributed by atoms with Crippen LogP contribution >= 0.6 is 0 Å². The maximum atomic E-state index is 12.9. The van der Waals surface area contributed by atoms with E-state index in [4.69, 9.17) is 0 Å². The molecule has 2 aromatic carbocycles. The van der Waals surface area contributed by atoms with Crippen LogP contribution in [-0.2, 0) is 6.54 Å². The average Bonchev–Trinajstić information content (AvgIpc) is 2.41. The molecule has 0 fully saturated rings. The van der Waals surface area contributed by atoms with Crippen LogP contribution in [0.25, 0.3) is 11.1 Å². The fraction of sp³-hybridized carbons (Fsp3) is 0.294. The van der Waals surface area contributed by atoms with E-state index in [1.807, 2.05) is 12.1 Å². The summed E-state index contributed by atoms with van der Waals surface area (Å²) in [4.78, 5) is 0. The van der Waals surface area contributed by atoms with Gasteiger partial charge in [0.2, 0.25) is 0 Å². The maximum absolute atomic E-state index is 12.9. The second-order valence-electron chi connectivity index (χ2n) is 4.83. The zero-order valence-electron chi connectivity index (χ0n) is 11.5. The molecule has 0 aromatic heterocycles. The molecule has 0 aliphatic rings. The fourth-order valence-electron chi connectivity index (χ4n) is 2.20. The van der Waals surface area contributed by atoms with E-state index < -0.39 is 0 Å². The van der Waals surface area contributed by atoms with Gasteiger partial charge in [0.1, 0.15) is 5.82 Å². The molecule has 2 aromatic rings. The van der Waals surface area contributed by atoms with Crippen molar-refractivity contribution in [3.8, 4) is 11.1 Å². The second kappa shape index (κ2) is 6.48. The van der Waals surface area contributed by atoms with Crippen LogP contribution in [0.4, 0.5) is 4.39 Å². The summed E-state index contributed by atoms with van der Waals surface area (Å²) in [6.45, 7) is 6.20. The first kappa shape index (κ1) is 13.8. The van der Waals surface area contributed by atoms with Crippen LogP contribution in [0.1, 0.15) is 24.5 Å². The van der Waals surface area contributed by atoms with Crippen molar-refractivity contribution >= 4 is 0 Å². The molecule has 2 rings (SSSR count). The highest BCUT2D eigenvalue weighted by Gasteiger charge is 2.03. The number of benzene rings is 2. The van der Waals surface area contributed by atoms with Crippen LogP contribution in [-0.4, -0.2) is 6.54 Å². The van der Waals surface area contributed by atoms with E-state index in [0.717, 1.165) is 25.1 Å². The van der Waals surface area contributed by atoms with Crippen molar-refractivity contribution in [1.29, 1.82) is 0 Å². The van der Waals surface area contributed by atoms with Crippen molar-refractivity contribution in [2.75, 3.05) is 6.54 Å². The van der Waals surface area contributed by atoms with Gasteiger partial charge >= 0.3 is 0 Å². The molecule has 19 heavy (non-hydrogen) atoms. The van der Waals surface area contributed by atoms with Gasteiger partial charge < -0.3 is 5.32 Å². The third-order valence-corrected chi connectivity index (χ3v) is 3.20. The first-order valence-corrected chi connectivity index (χ1v) is 6.77. The molecule has 0 unspecified atom stereocenters.